The van der Waals surface area contributed by atoms with Gasteiger partial charge in [0.2, 0.25) is 0 Å². The van der Waals surface area contributed by atoms with Crippen molar-refractivity contribution in [2.75, 3.05) is 0 Å². The number of carbonyl (C=O) groups is 1. The van der Waals surface area contributed by atoms with Crippen LogP contribution < -0.4 is 4.74 Å². The molecule has 0 aliphatic rings. The molecule has 0 unspecified atom stereocenters. The standard InChI is InChI=1S/C19H10Cl3N3O2/c20-10-2-1-3-11(6-10)27-12-4-5-13(15(21)7-12)17(26)14-8-23-19-16(14)18(22)24-9-25-19/h1-9H,(H,23,24,25). The average Bonchev–Trinajstić information content (AvgIpc) is 3.07. The van der Waals surface area contributed by atoms with E-state index in [1.807, 2.05) is 0 Å². The van der Waals surface area contributed by atoms with Crippen LogP contribution in [0.3, 0.4) is 0 Å². The Labute approximate surface area is 168 Å². The smallest absolute Gasteiger partial charge is 0.196 e. The van der Waals surface area contributed by atoms with Crippen LogP contribution in [0.1, 0.15) is 15.9 Å². The minimum atomic E-state index is -0.294. The summed E-state index contributed by atoms with van der Waals surface area (Å²) >= 11 is 18.4. The number of nitrogens with zero attached hydrogens (tertiary/aromatic N) is 2. The Bertz CT molecular complexity index is 1170. The van der Waals surface area contributed by atoms with Crippen LogP contribution in [-0.2, 0) is 0 Å². The van der Waals surface area contributed by atoms with Crippen LogP contribution in [0.5, 0.6) is 11.5 Å². The molecule has 0 saturated heterocycles. The van der Waals surface area contributed by atoms with Crippen molar-refractivity contribution < 1.29 is 9.53 Å². The van der Waals surface area contributed by atoms with Gasteiger partial charge in [0.25, 0.3) is 0 Å². The molecule has 4 rings (SSSR count). The van der Waals surface area contributed by atoms with Gasteiger partial charge in [-0.05, 0) is 30.3 Å². The number of benzene rings is 2. The number of aromatic amines is 1. The first kappa shape index (κ1) is 17.8. The lowest BCUT2D eigenvalue weighted by Crippen LogP contribution is -2.02. The number of carbonyl (C=O) groups excluding carboxylic acids is 1. The third-order valence-corrected chi connectivity index (χ3v) is 4.72. The van der Waals surface area contributed by atoms with Crippen LogP contribution in [0, 0.1) is 0 Å². The van der Waals surface area contributed by atoms with Gasteiger partial charge < -0.3 is 9.72 Å². The number of ether oxygens (including phenoxy) is 1. The Hall–Kier alpha value is -2.60. The van der Waals surface area contributed by atoms with Crippen LogP contribution in [0.4, 0.5) is 0 Å². The van der Waals surface area contributed by atoms with E-state index in [4.69, 9.17) is 39.5 Å². The largest absolute Gasteiger partial charge is 0.457 e. The van der Waals surface area contributed by atoms with Crippen LogP contribution >= 0.6 is 34.8 Å². The summed E-state index contributed by atoms with van der Waals surface area (Å²) in [5.74, 6) is 0.759. The highest BCUT2D eigenvalue weighted by Gasteiger charge is 2.20. The SMILES string of the molecule is O=C(c1ccc(Oc2cccc(Cl)c2)cc1Cl)c1c[nH]c2ncnc(Cl)c12. The topological polar surface area (TPSA) is 67.9 Å². The maximum Gasteiger partial charge on any atom is 0.196 e. The monoisotopic (exact) mass is 417 g/mol. The lowest BCUT2D eigenvalue weighted by molar-refractivity contribution is 0.104. The summed E-state index contributed by atoms with van der Waals surface area (Å²) in [6.45, 7) is 0. The van der Waals surface area contributed by atoms with Gasteiger partial charge in [-0.25, -0.2) is 9.97 Å². The Morgan fingerprint density at radius 3 is 2.56 bits per heavy atom. The summed E-state index contributed by atoms with van der Waals surface area (Å²) in [6, 6.07) is 11.8. The summed E-state index contributed by atoms with van der Waals surface area (Å²) in [4.78, 5) is 23.8. The number of hydrogen-bond acceptors (Lipinski definition) is 4. The molecule has 0 spiro atoms. The Kier molecular flexibility index (Phi) is 4.74. The minimum absolute atomic E-state index is 0.196. The second kappa shape index (κ2) is 7.19. The second-order valence-electron chi connectivity index (χ2n) is 5.62. The van der Waals surface area contributed by atoms with Crippen molar-refractivity contribution in [2.45, 2.75) is 0 Å². The van der Waals surface area contributed by atoms with Gasteiger partial charge in [0.15, 0.2) is 5.78 Å². The highest BCUT2D eigenvalue weighted by atomic mass is 35.5. The molecule has 4 aromatic rings. The van der Waals surface area contributed by atoms with Gasteiger partial charge in [0.1, 0.15) is 28.6 Å². The van der Waals surface area contributed by atoms with Crippen molar-refractivity contribution >= 4 is 51.6 Å². The maximum absolute atomic E-state index is 12.9. The van der Waals surface area contributed by atoms with E-state index in [-0.39, 0.29) is 16.0 Å². The molecule has 134 valence electrons. The highest BCUT2D eigenvalue weighted by Crippen LogP contribution is 2.31. The van der Waals surface area contributed by atoms with Gasteiger partial charge in [-0.1, -0.05) is 40.9 Å². The first-order valence-corrected chi connectivity index (χ1v) is 8.91. The molecule has 2 heterocycles. The van der Waals surface area contributed by atoms with E-state index in [9.17, 15) is 4.79 Å². The Morgan fingerprint density at radius 1 is 0.963 bits per heavy atom. The molecule has 1 N–H and O–H groups in total. The molecule has 27 heavy (non-hydrogen) atoms. The van der Waals surface area contributed by atoms with Crippen LogP contribution in [-0.4, -0.2) is 20.7 Å². The summed E-state index contributed by atoms with van der Waals surface area (Å²) in [7, 11) is 0. The third-order valence-electron chi connectivity index (χ3n) is 3.89. The Morgan fingerprint density at radius 2 is 1.78 bits per heavy atom. The van der Waals surface area contributed by atoms with Gasteiger partial charge >= 0.3 is 0 Å². The molecule has 0 atom stereocenters. The van der Waals surface area contributed by atoms with Crippen molar-refractivity contribution in [2.24, 2.45) is 0 Å². The number of hydrogen-bond donors (Lipinski definition) is 1. The van der Waals surface area contributed by atoms with Gasteiger partial charge in [-0.3, -0.25) is 4.79 Å². The molecule has 0 saturated carbocycles. The van der Waals surface area contributed by atoms with Crippen molar-refractivity contribution in [1.29, 1.82) is 0 Å². The van der Waals surface area contributed by atoms with E-state index < -0.39 is 0 Å². The number of rotatable bonds is 4. The first-order valence-electron chi connectivity index (χ1n) is 7.78. The first-order chi connectivity index (χ1) is 13.0. The zero-order valence-electron chi connectivity index (χ0n) is 13.5. The van der Waals surface area contributed by atoms with Gasteiger partial charge in [-0.2, -0.15) is 0 Å². The van der Waals surface area contributed by atoms with Crippen molar-refractivity contribution in [3.63, 3.8) is 0 Å². The quantitative estimate of drug-likeness (QED) is 0.329. The van der Waals surface area contributed by atoms with Crippen molar-refractivity contribution in [3.05, 3.63) is 81.3 Å². The zero-order valence-corrected chi connectivity index (χ0v) is 15.8. The number of H-pyrrole nitrogens is 1. The minimum Gasteiger partial charge on any atom is -0.457 e. The van der Waals surface area contributed by atoms with E-state index in [1.165, 1.54) is 6.33 Å². The molecule has 2 aromatic carbocycles. The third kappa shape index (κ3) is 3.49. The van der Waals surface area contributed by atoms with E-state index in [2.05, 4.69) is 15.0 Å². The summed E-state index contributed by atoms with van der Waals surface area (Å²) < 4.78 is 5.73. The van der Waals surface area contributed by atoms with E-state index >= 15 is 0 Å². The number of ketones is 1. The Balaban J connectivity index is 1.67. The fourth-order valence-electron chi connectivity index (χ4n) is 2.66. The number of aromatic nitrogens is 3. The van der Waals surface area contributed by atoms with Crippen LogP contribution in [0.2, 0.25) is 15.2 Å². The molecule has 0 bridgehead atoms. The molecule has 0 fully saturated rings. The summed E-state index contributed by atoms with van der Waals surface area (Å²) in [5.41, 5.74) is 1.15. The second-order valence-corrected chi connectivity index (χ2v) is 6.82. The summed E-state index contributed by atoms with van der Waals surface area (Å²) in [6.07, 6.45) is 2.87. The maximum atomic E-state index is 12.9. The molecular weight excluding hydrogens is 409 g/mol. The molecule has 0 amide bonds. The normalized spacial score (nSPS) is 10.9. The fraction of sp³-hybridized carbons (Fsp3) is 0. The van der Waals surface area contributed by atoms with Gasteiger partial charge in [-0.15, -0.1) is 0 Å². The predicted molar refractivity (Wildman–Crippen MR) is 105 cm³/mol. The number of halogens is 3. The highest BCUT2D eigenvalue weighted by molar-refractivity contribution is 6.38. The predicted octanol–water partition coefficient (Wildman–Crippen LogP) is 5.94. The van der Waals surface area contributed by atoms with Crippen molar-refractivity contribution in [1.82, 2.24) is 15.0 Å². The van der Waals surface area contributed by atoms with Gasteiger partial charge in [0.05, 0.1) is 16.0 Å². The lowest BCUT2D eigenvalue weighted by atomic mass is 10.0. The molecular formula is C19H10Cl3N3O2. The molecule has 0 aliphatic heterocycles. The average molecular weight is 419 g/mol. The molecule has 8 heteroatoms. The number of nitrogens with one attached hydrogen (secondary N) is 1. The van der Waals surface area contributed by atoms with Crippen LogP contribution in [0.25, 0.3) is 11.0 Å². The van der Waals surface area contributed by atoms with Crippen LogP contribution in [0.15, 0.2) is 55.0 Å². The zero-order chi connectivity index (χ0) is 19.0. The van der Waals surface area contributed by atoms with E-state index in [0.717, 1.165) is 0 Å². The molecule has 2 aromatic heterocycles. The van der Waals surface area contributed by atoms with Crippen molar-refractivity contribution in [3.8, 4) is 11.5 Å². The van der Waals surface area contributed by atoms with Gasteiger partial charge in [0, 0.05) is 22.8 Å². The van der Waals surface area contributed by atoms with E-state index in [1.54, 1.807) is 48.7 Å². The fourth-order valence-corrected chi connectivity index (χ4v) is 3.33. The number of fused-ring (bicyclic) bond motifs is 1. The molecule has 5 nitrogen and oxygen atoms in total. The summed E-state index contributed by atoms with van der Waals surface area (Å²) in [5, 5.41) is 1.46. The van der Waals surface area contributed by atoms with E-state index in [0.29, 0.717) is 38.7 Å². The molecule has 0 radical (unpaired) electrons. The lowest BCUT2D eigenvalue weighted by Gasteiger charge is -2.09. The molecule has 0 aliphatic carbocycles.